The van der Waals surface area contributed by atoms with Crippen molar-refractivity contribution in [1.29, 1.82) is 0 Å². The Labute approximate surface area is 85.8 Å². The molecule has 0 aromatic carbocycles. The molecule has 1 atom stereocenters. The predicted molar refractivity (Wildman–Crippen MR) is 58.7 cm³/mol. The smallest absolute Gasteiger partial charge is 0.0431 e. The molecule has 2 heteroatoms. The highest BCUT2D eigenvalue weighted by molar-refractivity contribution is 5.16. The highest BCUT2D eigenvalue weighted by atomic mass is 14.9. The summed E-state index contributed by atoms with van der Waals surface area (Å²) in [6.45, 7) is 3.14. The predicted octanol–water partition coefficient (Wildman–Crippen LogP) is 2.15. The number of aromatic nitrogens is 1. The molecule has 0 saturated heterocycles. The molecule has 0 aliphatic carbocycles. The van der Waals surface area contributed by atoms with Crippen molar-refractivity contribution in [3.05, 3.63) is 30.1 Å². The van der Waals surface area contributed by atoms with Gasteiger partial charge in [-0.15, -0.1) is 12.3 Å². The molecule has 1 aromatic heterocycles. The molecule has 0 amide bonds. The lowest BCUT2D eigenvalue weighted by atomic mass is 10.1. The van der Waals surface area contributed by atoms with Gasteiger partial charge in [0.1, 0.15) is 0 Å². The molecular formula is C12H16N2. The molecule has 0 fully saturated rings. The Kier molecular flexibility index (Phi) is 4.74. The van der Waals surface area contributed by atoms with Crippen LogP contribution >= 0.6 is 0 Å². The summed E-state index contributed by atoms with van der Waals surface area (Å²) in [7, 11) is 0. The molecule has 0 aliphatic rings. The van der Waals surface area contributed by atoms with Gasteiger partial charge in [0.25, 0.3) is 0 Å². The highest BCUT2D eigenvalue weighted by Crippen LogP contribution is 2.14. The maximum absolute atomic E-state index is 5.33. The Morgan fingerprint density at radius 1 is 1.50 bits per heavy atom. The first kappa shape index (κ1) is 10.7. The first-order chi connectivity index (χ1) is 6.88. The summed E-state index contributed by atoms with van der Waals surface area (Å²) in [6.07, 6.45) is 10.8. The number of nitrogens with one attached hydrogen (secondary N) is 1. The van der Waals surface area contributed by atoms with E-state index in [9.17, 15) is 0 Å². The van der Waals surface area contributed by atoms with Crippen LogP contribution in [0.1, 0.15) is 31.4 Å². The number of hydrogen-bond acceptors (Lipinski definition) is 2. The van der Waals surface area contributed by atoms with Crippen molar-refractivity contribution in [2.45, 2.75) is 25.8 Å². The third-order valence-corrected chi connectivity index (χ3v) is 2.07. The zero-order valence-corrected chi connectivity index (χ0v) is 8.53. The summed E-state index contributed by atoms with van der Waals surface area (Å²) < 4.78 is 0. The first-order valence-corrected chi connectivity index (χ1v) is 4.95. The van der Waals surface area contributed by atoms with Crippen LogP contribution in [-0.4, -0.2) is 11.5 Å². The van der Waals surface area contributed by atoms with E-state index in [1.165, 1.54) is 5.56 Å². The van der Waals surface area contributed by atoms with Crippen LogP contribution in [0.3, 0.4) is 0 Å². The Morgan fingerprint density at radius 3 is 2.79 bits per heavy atom. The molecule has 1 N–H and O–H groups in total. The Morgan fingerprint density at radius 2 is 2.21 bits per heavy atom. The zero-order valence-electron chi connectivity index (χ0n) is 8.53. The molecule has 1 unspecified atom stereocenters. The van der Waals surface area contributed by atoms with E-state index in [1.54, 1.807) is 12.4 Å². The SMILES string of the molecule is C#CCC(NCCC)c1ccncc1. The number of pyridine rings is 1. The van der Waals surface area contributed by atoms with Crippen molar-refractivity contribution >= 4 is 0 Å². The lowest BCUT2D eigenvalue weighted by Gasteiger charge is -2.15. The second-order valence-electron chi connectivity index (χ2n) is 3.20. The van der Waals surface area contributed by atoms with E-state index in [1.807, 2.05) is 12.1 Å². The van der Waals surface area contributed by atoms with E-state index in [-0.39, 0.29) is 6.04 Å². The number of rotatable bonds is 5. The minimum Gasteiger partial charge on any atom is -0.309 e. The molecule has 14 heavy (non-hydrogen) atoms. The highest BCUT2D eigenvalue weighted by Gasteiger charge is 2.07. The monoisotopic (exact) mass is 188 g/mol. The summed E-state index contributed by atoms with van der Waals surface area (Å²) in [6, 6.07) is 4.28. The van der Waals surface area contributed by atoms with Gasteiger partial charge in [-0.2, -0.15) is 0 Å². The molecule has 74 valence electrons. The van der Waals surface area contributed by atoms with Crippen molar-refractivity contribution in [2.75, 3.05) is 6.54 Å². The fraction of sp³-hybridized carbons (Fsp3) is 0.417. The maximum Gasteiger partial charge on any atom is 0.0431 e. The summed E-state index contributed by atoms with van der Waals surface area (Å²) in [5.74, 6) is 2.69. The van der Waals surface area contributed by atoms with Crippen LogP contribution in [0.25, 0.3) is 0 Å². The van der Waals surface area contributed by atoms with Gasteiger partial charge >= 0.3 is 0 Å². The first-order valence-electron chi connectivity index (χ1n) is 4.95. The Hall–Kier alpha value is -1.33. The molecule has 1 rings (SSSR count). The second kappa shape index (κ2) is 6.17. The van der Waals surface area contributed by atoms with Crippen molar-refractivity contribution < 1.29 is 0 Å². The van der Waals surface area contributed by atoms with Gasteiger partial charge in [-0.3, -0.25) is 4.98 Å². The molecular weight excluding hydrogens is 172 g/mol. The molecule has 0 bridgehead atoms. The second-order valence-corrected chi connectivity index (χ2v) is 3.20. The number of hydrogen-bond donors (Lipinski definition) is 1. The lowest BCUT2D eigenvalue weighted by Crippen LogP contribution is -2.21. The van der Waals surface area contributed by atoms with Gasteiger partial charge in [0.15, 0.2) is 0 Å². The fourth-order valence-electron chi connectivity index (χ4n) is 1.34. The molecule has 2 nitrogen and oxygen atoms in total. The van der Waals surface area contributed by atoms with Crippen molar-refractivity contribution in [3.8, 4) is 12.3 Å². The molecule has 0 spiro atoms. The molecule has 1 heterocycles. The van der Waals surface area contributed by atoms with Crippen LogP contribution in [0.15, 0.2) is 24.5 Å². The lowest BCUT2D eigenvalue weighted by molar-refractivity contribution is 0.542. The van der Waals surface area contributed by atoms with Gasteiger partial charge in [0, 0.05) is 24.9 Å². The minimum atomic E-state index is 0.267. The fourth-order valence-corrected chi connectivity index (χ4v) is 1.34. The quantitative estimate of drug-likeness (QED) is 0.716. The van der Waals surface area contributed by atoms with Gasteiger partial charge in [-0.25, -0.2) is 0 Å². The Bertz CT molecular complexity index is 287. The standard InChI is InChI=1S/C12H16N2/c1-3-5-12(14-8-4-2)11-6-9-13-10-7-11/h1,6-7,9-10,12,14H,4-5,8H2,2H3. The largest absolute Gasteiger partial charge is 0.309 e. The topological polar surface area (TPSA) is 24.9 Å². The molecule has 1 aromatic rings. The maximum atomic E-state index is 5.33. The summed E-state index contributed by atoms with van der Waals surface area (Å²) in [5, 5.41) is 3.42. The molecule has 0 radical (unpaired) electrons. The van der Waals surface area contributed by atoms with Gasteiger partial charge in [0.05, 0.1) is 0 Å². The Balaban J connectivity index is 2.63. The normalized spacial score (nSPS) is 12.0. The van der Waals surface area contributed by atoms with Crippen molar-refractivity contribution in [3.63, 3.8) is 0 Å². The molecule has 0 saturated carbocycles. The van der Waals surface area contributed by atoms with Crippen LogP contribution in [-0.2, 0) is 0 Å². The van der Waals surface area contributed by atoms with Crippen LogP contribution in [0, 0.1) is 12.3 Å². The van der Waals surface area contributed by atoms with E-state index in [0.717, 1.165) is 19.4 Å². The van der Waals surface area contributed by atoms with Crippen LogP contribution in [0.2, 0.25) is 0 Å². The van der Waals surface area contributed by atoms with Crippen molar-refractivity contribution in [2.24, 2.45) is 0 Å². The van der Waals surface area contributed by atoms with Gasteiger partial charge in [0.2, 0.25) is 0 Å². The van der Waals surface area contributed by atoms with Crippen LogP contribution in [0.4, 0.5) is 0 Å². The summed E-state index contributed by atoms with van der Waals surface area (Å²) >= 11 is 0. The average molecular weight is 188 g/mol. The summed E-state index contributed by atoms with van der Waals surface area (Å²) in [4.78, 5) is 3.99. The van der Waals surface area contributed by atoms with Gasteiger partial charge < -0.3 is 5.32 Å². The minimum absolute atomic E-state index is 0.267. The van der Waals surface area contributed by atoms with Gasteiger partial charge in [-0.05, 0) is 30.7 Å². The van der Waals surface area contributed by atoms with E-state index in [2.05, 4.69) is 23.1 Å². The number of nitrogens with zero attached hydrogens (tertiary/aromatic N) is 1. The zero-order chi connectivity index (χ0) is 10.2. The van der Waals surface area contributed by atoms with E-state index in [0.29, 0.717) is 0 Å². The van der Waals surface area contributed by atoms with Crippen molar-refractivity contribution in [1.82, 2.24) is 10.3 Å². The third kappa shape index (κ3) is 3.20. The van der Waals surface area contributed by atoms with E-state index >= 15 is 0 Å². The van der Waals surface area contributed by atoms with Crippen LogP contribution in [0.5, 0.6) is 0 Å². The molecule has 0 aliphatic heterocycles. The van der Waals surface area contributed by atoms with E-state index in [4.69, 9.17) is 6.42 Å². The van der Waals surface area contributed by atoms with Gasteiger partial charge in [-0.1, -0.05) is 6.92 Å². The average Bonchev–Trinajstić information content (AvgIpc) is 2.25. The number of terminal acetylenes is 1. The third-order valence-electron chi connectivity index (χ3n) is 2.07. The van der Waals surface area contributed by atoms with E-state index < -0.39 is 0 Å². The van der Waals surface area contributed by atoms with Crippen LogP contribution < -0.4 is 5.32 Å². The summed E-state index contributed by atoms with van der Waals surface area (Å²) in [5.41, 5.74) is 1.21.